The molecule has 0 bridgehead atoms. The lowest BCUT2D eigenvalue weighted by atomic mass is 9.99. The monoisotopic (exact) mass is 752 g/mol. The minimum Gasteiger partial charge on any atom is -0.394 e. The molecular weight excluding hydrogens is 659 g/mol. The number of rotatable bonds is 43. The van der Waals surface area contributed by atoms with Gasteiger partial charge in [0.25, 0.3) is 0 Å². The third-order valence-corrected chi connectivity index (χ3v) is 11.2. The number of aliphatic hydroxyl groups excluding tert-OH is 4. The van der Waals surface area contributed by atoms with Gasteiger partial charge < -0.3 is 25.7 Å². The Hall–Kier alpha value is -0.950. The largest absolute Gasteiger partial charge is 0.394 e. The van der Waals surface area contributed by atoms with Crippen LogP contribution in [-0.2, 0) is 4.79 Å². The van der Waals surface area contributed by atoms with Crippen LogP contribution in [0.25, 0.3) is 0 Å². The molecule has 6 heteroatoms. The molecule has 0 aliphatic heterocycles. The highest BCUT2D eigenvalue weighted by Crippen LogP contribution is 2.17. The van der Waals surface area contributed by atoms with Gasteiger partial charge in [-0.2, -0.15) is 0 Å². The molecule has 0 saturated heterocycles. The number of hydrogen-bond acceptors (Lipinski definition) is 5. The maximum Gasteiger partial charge on any atom is 0.249 e. The fourth-order valence-electron chi connectivity index (χ4n) is 7.46. The van der Waals surface area contributed by atoms with Crippen molar-refractivity contribution in [2.24, 2.45) is 0 Å². The Morgan fingerprint density at radius 2 is 0.755 bits per heavy atom. The molecule has 0 aromatic rings. The van der Waals surface area contributed by atoms with E-state index in [2.05, 4.69) is 31.3 Å². The molecule has 1 amide bonds. The topological polar surface area (TPSA) is 110 Å². The van der Waals surface area contributed by atoms with Crippen molar-refractivity contribution in [3.8, 4) is 0 Å². The van der Waals surface area contributed by atoms with E-state index in [0.717, 1.165) is 44.9 Å². The van der Waals surface area contributed by atoms with Crippen LogP contribution in [0.1, 0.15) is 251 Å². The van der Waals surface area contributed by atoms with Crippen molar-refractivity contribution < 1.29 is 25.2 Å². The van der Waals surface area contributed by atoms with Crippen LogP contribution in [0.2, 0.25) is 0 Å². The van der Waals surface area contributed by atoms with Crippen LogP contribution in [0, 0.1) is 0 Å². The van der Waals surface area contributed by atoms with Crippen LogP contribution >= 0.6 is 0 Å². The molecule has 0 spiro atoms. The van der Waals surface area contributed by atoms with Crippen molar-refractivity contribution in [3.63, 3.8) is 0 Å². The number of carbonyl (C=O) groups is 1. The molecule has 0 aliphatic rings. The molecule has 5 N–H and O–H groups in total. The molecule has 6 nitrogen and oxygen atoms in total. The molecule has 0 saturated carbocycles. The second-order valence-electron chi connectivity index (χ2n) is 16.5. The second kappa shape index (κ2) is 42.2. The fraction of sp³-hybridized carbons (Fsp3) is 0.936. The van der Waals surface area contributed by atoms with E-state index in [9.17, 15) is 25.2 Å². The molecule has 0 radical (unpaired) electrons. The summed E-state index contributed by atoms with van der Waals surface area (Å²) in [6.45, 7) is 4.07. The van der Waals surface area contributed by atoms with Crippen LogP contribution in [0.5, 0.6) is 0 Å². The van der Waals surface area contributed by atoms with Gasteiger partial charge in [-0.25, -0.2) is 0 Å². The van der Waals surface area contributed by atoms with Crippen LogP contribution in [0.4, 0.5) is 0 Å². The van der Waals surface area contributed by atoms with E-state index < -0.39 is 36.9 Å². The Kier molecular flexibility index (Phi) is 41.4. The van der Waals surface area contributed by atoms with E-state index in [4.69, 9.17) is 0 Å². The predicted molar refractivity (Wildman–Crippen MR) is 228 cm³/mol. The third kappa shape index (κ3) is 36.4. The molecule has 316 valence electrons. The van der Waals surface area contributed by atoms with Gasteiger partial charge >= 0.3 is 0 Å². The first kappa shape index (κ1) is 52.0. The summed E-state index contributed by atoms with van der Waals surface area (Å²) >= 11 is 0. The number of allylic oxidation sites excluding steroid dienone is 2. The summed E-state index contributed by atoms with van der Waals surface area (Å²) in [5.74, 6) is -0.585. The number of carbonyl (C=O) groups excluding carboxylic acids is 1. The van der Waals surface area contributed by atoms with Crippen molar-refractivity contribution in [2.75, 3.05) is 6.61 Å². The third-order valence-electron chi connectivity index (χ3n) is 11.2. The zero-order chi connectivity index (χ0) is 38.9. The van der Waals surface area contributed by atoms with Crippen molar-refractivity contribution in [1.82, 2.24) is 5.32 Å². The van der Waals surface area contributed by atoms with Crippen LogP contribution in [0.3, 0.4) is 0 Å². The Bertz CT molecular complexity index is 761. The molecule has 0 heterocycles. The first-order valence-electron chi connectivity index (χ1n) is 23.6. The minimum absolute atomic E-state index is 0.365. The number of nitrogens with one attached hydrogen (secondary N) is 1. The summed E-state index contributed by atoms with van der Waals surface area (Å²) in [5, 5.41) is 43.8. The Morgan fingerprint density at radius 3 is 1.09 bits per heavy atom. The lowest BCUT2D eigenvalue weighted by molar-refractivity contribution is -0.132. The van der Waals surface area contributed by atoms with Crippen LogP contribution < -0.4 is 5.32 Å². The zero-order valence-corrected chi connectivity index (χ0v) is 35.5. The average Bonchev–Trinajstić information content (AvgIpc) is 3.16. The molecule has 0 aromatic carbocycles. The van der Waals surface area contributed by atoms with Gasteiger partial charge in [0.05, 0.1) is 18.8 Å². The molecular formula is C47H93NO5. The Labute approximate surface area is 330 Å². The summed E-state index contributed by atoms with van der Waals surface area (Å²) in [7, 11) is 0. The van der Waals surface area contributed by atoms with Crippen molar-refractivity contribution >= 4 is 5.91 Å². The Morgan fingerprint density at radius 1 is 0.453 bits per heavy atom. The smallest absolute Gasteiger partial charge is 0.249 e. The van der Waals surface area contributed by atoms with Crippen LogP contribution in [-0.4, -0.2) is 57.3 Å². The first-order chi connectivity index (χ1) is 26.0. The van der Waals surface area contributed by atoms with E-state index in [1.165, 1.54) is 180 Å². The van der Waals surface area contributed by atoms with Crippen molar-refractivity contribution in [1.29, 1.82) is 0 Å². The molecule has 0 aliphatic carbocycles. The zero-order valence-electron chi connectivity index (χ0n) is 35.5. The van der Waals surface area contributed by atoms with Gasteiger partial charge in [-0.1, -0.05) is 225 Å². The highest BCUT2D eigenvalue weighted by Gasteiger charge is 2.28. The van der Waals surface area contributed by atoms with Gasteiger partial charge in [-0.05, 0) is 38.5 Å². The highest BCUT2D eigenvalue weighted by atomic mass is 16.3. The van der Waals surface area contributed by atoms with E-state index in [-0.39, 0.29) is 0 Å². The van der Waals surface area contributed by atoms with Gasteiger partial charge in [-0.3, -0.25) is 4.79 Å². The normalized spacial score (nSPS) is 14.2. The average molecular weight is 752 g/mol. The van der Waals surface area contributed by atoms with E-state index in [0.29, 0.717) is 12.8 Å². The summed E-state index contributed by atoms with van der Waals surface area (Å²) in [4.78, 5) is 12.5. The Balaban J connectivity index is 3.70. The second-order valence-corrected chi connectivity index (χ2v) is 16.5. The summed E-state index contributed by atoms with van der Waals surface area (Å²) in [6, 6.07) is -0.984. The maximum atomic E-state index is 12.5. The van der Waals surface area contributed by atoms with Crippen molar-refractivity contribution in [3.05, 3.63) is 12.2 Å². The number of amides is 1. The maximum absolute atomic E-state index is 12.5. The first-order valence-corrected chi connectivity index (χ1v) is 23.6. The van der Waals surface area contributed by atoms with Gasteiger partial charge in [0.15, 0.2) is 0 Å². The summed E-state index contributed by atoms with van der Waals surface area (Å²) < 4.78 is 0. The minimum atomic E-state index is -1.26. The highest BCUT2D eigenvalue weighted by molar-refractivity contribution is 5.80. The van der Waals surface area contributed by atoms with Gasteiger partial charge in [-0.15, -0.1) is 0 Å². The fourth-order valence-corrected chi connectivity index (χ4v) is 7.46. The standard InChI is InChI=1S/C47H93NO5/c1-3-5-7-9-11-13-15-17-19-21-23-25-27-29-31-33-35-37-39-41-45(51)47(53)48-43(42-49)46(52)44(50)40-38-36-34-32-30-28-26-24-22-20-18-16-14-12-10-8-6-4-2/h23,25,43-46,49-52H,3-22,24,26-42H2,1-2H3,(H,48,53)/b25-23-. The molecule has 0 aromatic heterocycles. The number of hydrogen-bond donors (Lipinski definition) is 5. The van der Waals surface area contributed by atoms with Crippen LogP contribution in [0.15, 0.2) is 12.2 Å². The van der Waals surface area contributed by atoms with E-state index in [1.54, 1.807) is 0 Å². The SMILES string of the molecule is CCCCCCCCCCC/C=C\CCCCCCCCC(O)C(=O)NC(CO)C(O)C(O)CCCCCCCCCCCCCCCCCCCC. The number of unbranched alkanes of at least 4 members (excludes halogenated alkanes) is 32. The van der Waals surface area contributed by atoms with Gasteiger partial charge in [0, 0.05) is 0 Å². The molecule has 4 unspecified atom stereocenters. The quantitative estimate of drug-likeness (QED) is 0.0315. The molecule has 0 fully saturated rings. The summed E-state index contributed by atoms with van der Waals surface area (Å²) in [6.07, 6.45) is 46.7. The predicted octanol–water partition coefficient (Wildman–Crippen LogP) is 12.6. The number of aliphatic hydroxyl groups is 4. The van der Waals surface area contributed by atoms with Crippen molar-refractivity contribution in [2.45, 2.75) is 276 Å². The van der Waals surface area contributed by atoms with Gasteiger partial charge in [0.1, 0.15) is 12.2 Å². The summed E-state index contributed by atoms with van der Waals surface area (Å²) in [5.41, 5.74) is 0. The van der Waals surface area contributed by atoms with E-state index >= 15 is 0 Å². The van der Waals surface area contributed by atoms with Gasteiger partial charge in [0.2, 0.25) is 5.91 Å². The molecule has 53 heavy (non-hydrogen) atoms. The molecule has 0 rings (SSSR count). The van der Waals surface area contributed by atoms with E-state index in [1.807, 2.05) is 0 Å². The molecule has 4 atom stereocenters. The lowest BCUT2D eigenvalue weighted by Gasteiger charge is -2.27. The lowest BCUT2D eigenvalue weighted by Crippen LogP contribution is -2.53.